The first-order valence-corrected chi connectivity index (χ1v) is 5.01. The van der Waals surface area contributed by atoms with Crippen LogP contribution in [0.4, 0.5) is 10.1 Å². The van der Waals surface area contributed by atoms with Gasteiger partial charge < -0.3 is 5.32 Å². The number of carbonyl (C=O) groups is 2. The van der Waals surface area contributed by atoms with E-state index in [-0.39, 0.29) is 18.0 Å². The van der Waals surface area contributed by atoms with E-state index in [9.17, 15) is 14.0 Å². The molecule has 1 aliphatic heterocycles. The summed E-state index contributed by atoms with van der Waals surface area (Å²) in [5.41, 5.74) is 0.275. The van der Waals surface area contributed by atoms with Gasteiger partial charge >= 0.3 is 0 Å². The van der Waals surface area contributed by atoms with Gasteiger partial charge in [-0.3, -0.25) is 14.9 Å². The van der Waals surface area contributed by atoms with Crippen LogP contribution in [0.3, 0.4) is 0 Å². The van der Waals surface area contributed by atoms with Crippen molar-refractivity contribution in [1.29, 1.82) is 0 Å². The monoisotopic (exact) mass is 222 g/mol. The summed E-state index contributed by atoms with van der Waals surface area (Å²) in [5.74, 6) is -1.09. The Balaban J connectivity index is 2.08. The molecule has 1 aromatic rings. The first-order chi connectivity index (χ1) is 7.66. The second kappa shape index (κ2) is 4.30. The molecule has 16 heavy (non-hydrogen) atoms. The molecule has 0 bridgehead atoms. The smallest absolute Gasteiger partial charge is 0.249 e. The lowest BCUT2D eigenvalue weighted by molar-refractivity contribution is -0.133. The third-order valence-electron chi connectivity index (χ3n) is 2.44. The van der Waals surface area contributed by atoms with Crippen molar-refractivity contribution in [2.24, 2.45) is 0 Å². The maximum Gasteiger partial charge on any atom is 0.249 e. The van der Waals surface area contributed by atoms with Crippen LogP contribution < -0.4 is 10.6 Å². The molecule has 1 saturated heterocycles. The highest BCUT2D eigenvalue weighted by molar-refractivity contribution is 6.01. The van der Waals surface area contributed by atoms with Crippen molar-refractivity contribution in [3.8, 4) is 0 Å². The molecular weight excluding hydrogens is 211 g/mol. The van der Waals surface area contributed by atoms with Crippen molar-refractivity contribution in [2.45, 2.75) is 18.9 Å². The molecule has 1 atom stereocenters. The largest absolute Gasteiger partial charge is 0.371 e. The normalized spacial score (nSPS) is 20.4. The minimum Gasteiger partial charge on any atom is -0.371 e. The first-order valence-electron chi connectivity index (χ1n) is 5.01. The van der Waals surface area contributed by atoms with Crippen LogP contribution in [0, 0.1) is 5.82 Å². The SMILES string of the molecule is O=C1CCC(Nc2ccccc2F)C(=O)N1. The molecule has 2 rings (SSSR count). The summed E-state index contributed by atoms with van der Waals surface area (Å²) in [7, 11) is 0. The van der Waals surface area contributed by atoms with Crippen LogP contribution in [0.25, 0.3) is 0 Å². The van der Waals surface area contributed by atoms with E-state index in [1.165, 1.54) is 6.07 Å². The zero-order valence-electron chi connectivity index (χ0n) is 8.50. The average Bonchev–Trinajstić information content (AvgIpc) is 2.25. The fourth-order valence-corrected chi connectivity index (χ4v) is 1.60. The van der Waals surface area contributed by atoms with Gasteiger partial charge in [0.1, 0.15) is 11.9 Å². The molecule has 84 valence electrons. The molecule has 1 fully saturated rings. The van der Waals surface area contributed by atoms with Crippen LogP contribution in [0.1, 0.15) is 12.8 Å². The van der Waals surface area contributed by atoms with Crippen LogP contribution in [0.5, 0.6) is 0 Å². The fourth-order valence-electron chi connectivity index (χ4n) is 1.60. The maximum absolute atomic E-state index is 13.3. The number of carbonyl (C=O) groups excluding carboxylic acids is 2. The number of amides is 2. The lowest BCUT2D eigenvalue weighted by Gasteiger charge is -2.22. The van der Waals surface area contributed by atoms with Crippen LogP contribution in [0.15, 0.2) is 24.3 Å². The number of hydrogen-bond acceptors (Lipinski definition) is 3. The summed E-state index contributed by atoms with van der Waals surface area (Å²) in [6.07, 6.45) is 0.664. The Morgan fingerprint density at radius 3 is 2.75 bits per heavy atom. The molecule has 0 saturated carbocycles. The molecule has 2 N–H and O–H groups in total. The molecule has 4 nitrogen and oxygen atoms in total. The highest BCUT2D eigenvalue weighted by Crippen LogP contribution is 2.16. The van der Waals surface area contributed by atoms with Gasteiger partial charge in [0, 0.05) is 6.42 Å². The number of halogens is 1. The minimum atomic E-state index is -0.547. The summed E-state index contributed by atoms with van der Waals surface area (Å²) in [6.45, 7) is 0. The number of rotatable bonds is 2. The third-order valence-corrected chi connectivity index (χ3v) is 2.44. The second-order valence-corrected chi connectivity index (χ2v) is 3.63. The zero-order valence-corrected chi connectivity index (χ0v) is 8.50. The maximum atomic E-state index is 13.3. The molecule has 0 radical (unpaired) electrons. The number of benzene rings is 1. The standard InChI is InChI=1S/C11H11FN2O2/c12-7-3-1-2-4-8(7)13-9-5-6-10(15)14-11(9)16/h1-4,9,13H,5-6H2,(H,14,15,16). The first kappa shape index (κ1) is 10.6. The Bertz CT molecular complexity index is 434. The van der Waals surface area contributed by atoms with E-state index in [4.69, 9.17) is 0 Å². The van der Waals surface area contributed by atoms with E-state index in [2.05, 4.69) is 10.6 Å². The van der Waals surface area contributed by atoms with Gasteiger partial charge in [0.05, 0.1) is 5.69 Å². The number of hydrogen-bond donors (Lipinski definition) is 2. The van der Waals surface area contributed by atoms with Crippen LogP contribution in [-0.2, 0) is 9.59 Å². The number of anilines is 1. The van der Waals surface area contributed by atoms with Gasteiger partial charge in [0.2, 0.25) is 11.8 Å². The Hall–Kier alpha value is -1.91. The van der Waals surface area contributed by atoms with Crippen LogP contribution in [-0.4, -0.2) is 17.9 Å². The molecule has 0 spiro atoms. The molecule has 5 heteroatoms. The van der Waals surface area contributed by atoms with Crippen molar-refractivity contribution in [3.05, 3.63) is 30.1 Å². The van der Waals surface area contributed by atoms with Crippen LogP contribution in [0.2, 0.25) is 0 Å². The second-order valence-electron chi connectivity index (χ2n) is 3.63. The summed E-state index contributed by atoms with van der Waals surface area (Å²) in [4.78, 5) is 22.3. The molecule has 0 aromatic heterocycles. The zero-order chi connectivity index (χ0) is 11.5. The van der Waals surface area contributed by atoms with E-state index in [1.807, 2.05) is 0 Å². The van der Waals surface area contributed by atoms with Gasteiger partial charge in [0.15, 0.2) is 0 Å². The van der Waals surface area contributed by atoms with E-state index >= 15 is 0 Å². The van der Waals surface area contributed by atoms with Crippen molar-refractivity contribution in [3.63, 3.8) is 0 Å². The van der Waals surface area contributed by atoms with E-state index < -0.39 is 17.8 Å². The lowest BCUT2D eigenvalue weighted by Crippen LogP contribution is -2.47. The molecule has 1 aliphatic rings. The summed E-state index contributed by atoms with van der Waals surface area (Å²) >= 11 is 0. The summed E-state index contributed by atoms with van der Waals surface area (Å²) in [6, 6.07) is 5.57. The summed E-state index contributed by atoms with van der Waals surface area (Å²) < 4.78 is 13.3. The third kappa shape index (κ3) is 2.18. The number of imide groups is 1. The lowest BCUT2D eigenvalue weighted by atomic mass is 10.1. The minimum absolute atomic E-state index is 0.275. The van der Waals surface area contributed by atoms with Crippen LogP contribution >= 0.6 is 0 Å². The van der Waals surface area contributed by atoms with Gasteiger partial charge in [-0.05, 0) is 18.6 Å². The predicted molar refractivity (Wildman–Crippen MR) is 56.2 cm³/mol. The molecular formula is C11H11FN2O2. The van der Waals surface area contributed by atoms with E-state index in [0.717, 1.165) is 0 Å². The Morgan fingerprint density at radius 1 is 1.31 bits per heavy atom. The molecule has 0 aliphatic carbocycles. The summed E-state index contributed by atoms with van der Waals surface area (Å²) in [5, 5.41) is 4.99. The van der Waals surface area contributed by atoms with Crippen molar-refractivity contribution in [2.75, 3.05) is 5.32 Å². The molecule has 1 heterocycles. The number of piperidine rings is 1. The quantitative estimate of drug-likeness (QED) is 0.735. The molecule has 1 aromatic carbocycles. The van der Waals surface area contributed by atoms with Gasteiger partial charge in [-0.2, -0.15) is 0 Å². The van der Waals surface area contributed by atoms with Crippen molar-refractivity contribution < 1.29 is 14.0 Å². The van der Waals surface area contributed by atoms with Gasteiger partial charge in [-0.1, -0.05) is 12.1 Å². The Kier molecular flexibility index (Phi) is 2.85. The number of nitrogens with one attached hydrogen (secondary N) is 2. The topological polar surface area (TPSA) is 58.2 Å². The van der Waals surface area contributed by atoms with Gasteiger partial charge in [-0.25, -0.2) is 4.39 Å². The fraction of sp³-hybridized carbons (Fsp3) is 0.273. The molecule has 1 unspecified atom stereocenters. The van der Waals surface area contributed by atoms with Crippen molar-refractivity contribution >= 4 is 17.5 Å². The van der Waals surface area contributed by atoms with E-state index in [1.54, 1.807) is 18.2 Å². The van der Waals surface area contributed by atoms with E-state index in [0.29, 0.717) is 6.42 Å². The predicted octanol–water partition coefficient (Wildman–Crippen LogP) is 1.04. The Morgan fingerprint density at radius 2 is 2.06 bits per heavy atom. The van der Waals surface area contributed by atoms with Gasteiger partial charge in [-0.15, -0.1) is 0 Å². The van der Waals surface area contributed by atoms with Gasteiger partial charge in [0.25, 0.3) is 0 Å². The Labute approximate surface area is 91.8 Å². The number of para-hydroxylation sites is 1. The highest BCUT2D eigenvalue weighted by atomic mass is 19.1. The molecule has 2 amide bonds. The van der Waals surface area contributed by atoms with Crippen molar-refractivity contribution in [1.82, 2.24) is 5.32 Å². The highest BCUT2D eigenvalue weighted by Gasteiger charge is 2.26. The average molecular weight is 222 g/mol.